The Morgan fingerprint density at radius 3 is 3.00 bits per heavy atom. The number of anilines is 1. The average molecular weight is 238 g/mol. The highest BCUT2D eigenvalue weighted by Gasteiger charge is 2.25. The predicted octanol–water partition coefficient (Wildman–Crippen LogP) is 2.59. The van der Waals surface area contributed by atoms with Crippen molar-refractivity contribution in [2.75, 3.05) is 11.4 Å². The third-order valence-corrected chi connectivity index (χ3v) is 3.28. The van der Waals surface area contributed by atoms with Gasteiger partial charge < -0.3 is 4.90 Å². The number of hydrogen-bond donors (Lipinski definition) is 0. The molecule has 0 bridgehead atoms. The van der Waals surface area contributed by atoms with Crippen LogP contribution in [-0.4, -0.2) is 17.4 Å². The Labute approximate surface area is 106 Å². The van der Waals surface area contributed by atoms with Gasteiger partial charge in [-0.05, 0) is 37.1 Å². The standard InChI is InChI=1S/C15H14N2O/c1-11-4-5-14-12(9-11)6-8-17(14)15(18)13-3-2-7-16-10-13/h2-5,7,9-10H,6,8H2,1H3. The molecule has 0 atom stereocenters. The van der Waals surface area contributed by atoms with Gasteiger partial charge in [-0.25, -0.2) is 0 Å². The van der Waals surface area contributed by atoms with Crippen molar-refractivity contribution < 1.29 is 4.79 Å². The van der Waals surface area contributed by atoms with Crippen LogP contribution < -0.4 is 4.90 Å². The SMILES string of the molecule is Cc1ccc2c(c1)CCN2C(=O)c1cccnc1. The van der Waals surface area contributed by atoms with E-state index >= 15 is 0 Å². The maximum Gasteiger partial charge on any atom is 0.259 e. The van der Waals surface area contributed by atoms with Gasteiger partial charge in [-0.1, -0.05) is 17.7 Å². The van der Waals surface area contributed by atoms with Crippen molar-refractivity contribution in [3.63, 3.8) is 0 Å². The maximum atomic E-state index is 12.4. The van der Waals surface area contributed by atoms with E-state index in [0.29, 0.717) is 5.56 Å². The molecular formula is C15H14N2O. The molecule has 3 rings (SSSR count). The summed E-state index contributed by atoms with van der Waals surface area (Å²) in [6.45, 7) is 2.83. The molecule has 3 heteroatoms. The summed E-state index contributed by atoms with van der Waals surface area (Å²) in [5.41, 5.74) is 4.18. The lowest BCUT2D eigenvalue weighted by atomic mass is 10.1. The monoisotopic (exact) mass is 238 g/mol. The molecule has 18 heavy (non-hydrogen) atoms. The molecule has 0 saturated heterocycles. The van der Waals surface area contributed by atoms with Gasteiger partial charge in [-0.15, -0.1) is 0 Å². The molecule has 2 aromatic rings. The summed E-state index contributed by atoms with van der Waals surface area (Å²) in [7, 11) is 0. The van der Waals surface area contributed by atoms with Crippen molar-refractivity contribution in [1.29, 1.82) is 0 Å². The van der Waals surface area contributed by atoms with Crippen LogP contribution in [0.25, 0.3) is 0 Å². The van der Waals surface area contributed by atoms with Gasteiger partial charge in [0.05, 0.1) is 5.56 Å². The van der Waals surface area contributed by atoms with Crippen LogP contribution in [0.1, 0.15) is 21.5 Å². The lowest BCUT2D eigenvalue weighted by Crippen LogP contribution is -2.28. The van der Waals surface area contributed by atoms with E-state index in [9.17, 15) is 4.79 Å². The Hall–Kier alpha value is -2.16. The number of aryl methyl sites for hydroxylation is 1. The molecule has 0 spiro atoms. The lowest BCUT2D eigenvalue weighted by Gasteiger charge is -2.17. The number of carbonyl (C=O) groups is 1. The number of pyridine rings is 1. The van der Waals surface area contributed by atoms with E-state index in [0.717, 1.165) is 18.7 Å². The fourth-order valence-electron chi connectivity index (χ4n) is 2.39. The van der Waals surface area contributed by atoms with E-state index in [2.05, 4.69) is 18.0 Å². The van der Waals surface area contributed by atoms with Crippen molar-refractivity contribution >= 4 is 11.6 Å². The molecule has 1 aromatic heterocycles. The van der Waals surface area contributed by atoms with Gasteiger partial charge in [0.25, 0.3) is 5.91 Å². The van der Waals surface area contributed by atoms with Crippen LogP contribution in [0.5, 0.6) is 0 Å². The van der Waals surface area contributed by atoms with E-state index in [-0.39, 0.29) is 5.91 Å². The summed E-state index contributed by atoms with van der Waals surface area (Å²) >= 11 is 0. The lowest BCUT2D eigenvalue weighted by molar-refractivity contribution is 0.0989. The largest absolute Gasteiger partial charge is 0.308 e. The molecule has 1 aliphatic heterocycles. The molecule has 0 radical (unpaired) electrons. The zero-order valence-electron chi connectivity index (χ0n) is 10.3. The summed E-state index contributed by atoms with van der Waals surface area (Å²) < 4.78 is 0. The van der Waals surface area contributed by atoms with Gasteiger partial charge in [0.1, 0.15) is 0 Å². The van der Waals surface area contributed by atoms with E-state index in [1.165, 1.54) is 11.1 Å². The smallest absolute Gasteiger partial charge is 0.259 e. The van der Waals surface area contributed by atoms with Crippen LogP contribution in [-0.2, 0) is 6.42 Å². The molecule has 0 unspecified atom stereocenters. The van der Waals surface area contributed by atoms with Crippen molar-refractivity contribution in [1.82, 2.24) is 4.98 Å². The molecule has 3 nitrogen and oxygen atoms in total. The molecule has 90 valence electrons. The quantitative estimate of drug-likeness (QED) is 0.765. The Kier molecular flexibility index (Phi) is 2.59. The van der Waals surface area contributed by atoms with Crippen molar-refractivity contribution in [2.45, 2.75) is 13.3 Å². The normalized spacial score (nSPS) is 13.5. The summed E-state index contributed by atoms with van der Waals surface area (Å²) in [5.74, 6) is 0.0331. The third-order valence-electron chi connectivity index (χ3n) is 3.28. The number of benzene rings is 1. The number of amides is 1. The predicted molar refractivity (Wildman–Crippen MR) is 70.8 cm³/mol. The molecule has 1 aromatic carbocycles. The van der Waals surface area contributed by atoms with Crippen molar-refractivity contribution in [3.05, 3.63) is 59.4 Å². The van der Waals surface area contributed by atoms with Gasteiger partial charge in [0.2, 0.25) is 0 Å². The van der Waals surface area contributed by atoms with Gasteiger partial charge in [0.15, 0.2) is 0 Å². The summed E-state index contributed by atoms with van der Waals surface area (Å²) in [5, 5.41) is 0. The Morgan fingerprint density at radius 2 is 2.22 bits per heavy atom. The van der Waals surface area contributed by atoms with E-state index in [1.54, 1.807) is 18.5 Å². The minimum atomic E-state index is 0.0331. The highest BCUT2D eigenvalue weighted by molar-refractivity contribution is 6.07. The maximum absolute atomic E-state index is 12.4. The first-order valence-electron chi connectivity index (χ1n) is 6.07. The molecule has 1 amide bonds. The van der Waals surface area contributed by atoms with Crippen LogP contribution in [0.4, 0.5) is 5.69 Å². The molecule has 0 aliphatic carbocycles. The summed E-state index contributed by atoms with van der Waals surface area (Å²) in [6, 6.07) is 9.84. The third kappa shape index (κ3) is 1.78. The van der Waals surface area contributed by atoms with Crippen LogP contribution in [0, 0.1) is 6.92 Å². The zero-order chi connectivity index (χ0) is 12.5. The number of fused-ring (bicyclic) bond motifs is 1. The van der Waals surface area contributed by atoms with E-state index < -0.39 is 0 Å². The minimum Gasteiger partial charge on any atom is -0.308 e. The number of hydrogen-bond acceptors (Lipinski definition) is 2. The van der Waals surface area contributed by atoms with Crippen LogP contribution in [0.15, 0.2) is 42.7 Å². The Bertz CT molecular complexity index is 593. The first kappa shape index (κ1) is 11.0. The second-order valence-corrected chi connectivity index (χ2v) is 4.58. The van der Waals surface area contributed by atoms with E-state index in [4.69, 9.17) is 0 Å². The van der Waals surface area contributed by atoms with Crippen molar-refractivity contribution in [3.8, 4) is 0 Å². The first-order chi connectivity index (χ1) is 8.75. The first-order valence-corrected chi connectivity index (χ1v) is 6.07. The highest BCUT2D eigenvalue weighted by Crippen LogP contribution is 2.29. The summed E-state index contributed by atoms with van der Waals surface area (Å²) in [4.78, 5) is 18.2. The minimum absolute atomic E-state index is 0.0331. The van der Waals surface area contributed by atoms with Gasteiger partial charge in [-0.2, -0.15) is 0 Å². The topological polar surface area (TPSA) is 33.2 Å². The van der Waals surface area contributed by atoms with Crippen LogP contribution in [0.3, 0.4) is 0 Å². The van der Waals surface area contributed by atoms with E-state index in [1.807, 2.05) is 23.1 Å². The molecule has 2 heterocycles. The van der Waals surface area contributed by atoms with Crippen LogP contribution >= 0.6 is 0 Å². The number of aromatic nitrogens is 1. The van der Waals surface area contributed by atoms with Crippen LogP contribution in [0.2, 0.25) is 0 Å². The zero-order valence-corrected chi connectivity index (χ0v) is 10.3. The Balaban J connectivity index is 1.95. The number of carbonyl (C=O) groups excluding carboxylic acids is 1. The fourth-order valence-corrected chi connectivity index (χ4v) is 2.39. The number of nitrogens with zero attached hydrogens (tertiary/aromatic N) is 2. The molecular weight excluding hydrogens is 224 g/mol. The molecule has 0 N–H and O–H groups in total. The second kappa shape index (κ2) is 4.26. The second-order valence-electron chi connectivity index (χ2n) is 4.58. The summed E-state index contributed by atoms with van der Waals surface area (Å²) in [6.07, 6.45) is 4.23. The molecule has 0 saturated carbocycles. The van der Waals surface area contributed by atoms with Gasteiger partial charge in [-0.3, -0.25) is 9.78 Å². The van der Waals surface area contributed by atoms with Gasteiger partial charge >= 0.3 is 0 Å². The Morgan fingerprint density at radius 1 is 1.33 bits per heavy atom. The van der Waals surface area contributed by atoms with Gasteiger partial charge in [0, 0.05) is 24.6 Å². The van der Waals surface area contributed by atoms with Crippen molar-refractivity contribution in [2.24, 2.45) is 0 Å². The molecule has 0 fully saturated rings. The fraction of sp³-hybridized carbons (Fsp3) is 0.200. The average Bonchev–Trinajstić information content (AvgIpc) is 2.81. The number of rotatable bonds is 1. The molecule has 1 aliphatic rings. The highest BCUT2D eigenvalue weighted by atomic mass is 16.2.